The molecule has 2 rings (SSSR count). The molecule has 2 amide bonds. The minimum absolute atomic E-state index is 0.187. The number of carboxylic acids is 1. The van der Waals surface area contributed by atoms with Crippen LogP contribution in [0.2, 0.25) is 5.02 Å². The standard InChI is InChI=1S/C15H19ClN2O3/c1-18(9-11-3-5-12(16)6-4-11)14(21)17-10-15(13(19)20)7-2-8-15/h3-6H,2,7-10H2,1H3,(H,17,21)(H,19,20). The van der Waals surface area contributed by atoms with Gasteiger partial charge in [-0.3, -0.25) is 4.79 Å². The molecular weight excluding hydrogens is 292 g/mol. The first-order valence-corrected chi connectivity index (χ1v) is 7.27. The molecule has 1 saturated carbocycles. The van der Waals surface area contributed by atoms with E-state index in [2.05, 4.69) is 5.32 Å². The number of nitrogens with one attached hydrogen (secondary N) is 1. The number of hydrogen-bond acceptors (Lipinski definition) is 2. The van der Waals surface area contributed by atoms with Crippen LogP contribution in [-0.4, -0.2) is 35.6 Å². The van der Waals surface area contributed by atoms with E-state index in [1.807, 2.05) is 12.1 Å². The molecule has 0 aromatic heterocycles. The summed E-state index contributed by atoms with van der Waals surface area (Å²) >= 11 is 5.81. The van der Waals surface area contributed by atoms with Gasteiger partial charge in [-0.2, -0.15) is 0 Å². The number of urea groups is 1. The predicted octanol–water partition coefficient (Wildman–Crippen LogP) is 2.74. The van der Waals surface area contributed by atoms with Crippen LogP contribution in [0.5, 0.6) is 0 Å². The predicted molar refractivity (Wildman–Crippen MR) is 80.2 cm³/mol. The Kier molecular flexibility index (Phi) is 4.73. The van der Waals surface area contributed by atoms with Gasteiger partial charge in [-0.25, -0.2) is 4.79 Å². The summed E-state index contributed by atoms with van der Waals surface area (Å²) in [7, 11) is 1.68. The highest BCUT2D eigenvalue weighted by atomic mass is 35.5. The first kappa shape index (κ1) is 15.6. The van der Waals surface area contributed by atoms with Gasteiger partial charge in [-0.15, -0.1) is 0 Å². The Morgan fingerprint density at radius 2 is 1.95 bits per heavy atom. The summed E-state index contributed by atoms with van der Waals surface area (Å²) in [5.41, 5.74) is 0.199. The number of carboxylic acid groups (broad SMARTS) is 1. The van der Waals surface area contributed by atoms with Gasteiger partial charge in [0.1, 0.15) is 0 Å². The molecule has 0 radical (unpaired) electrons. The number of nitrogens with zero attached hydrogens (tertiary/aromatic N) is 1. The monoisotopic (exact) mass is 310 g/mol. The fourth-order valence-electron chi connectivity index (χ4n) is 2.39. The second-order valence-corrected chi connectivity index (χ2v) is 6.02. The summed E-state index contributed by atoms with van der Waals surface area (Å²) in [6.07, 6.45) is 2.16. The molecule has 1 aliphatic carbocycles. The number of halogens is 1. The highest BCUT2D eigenvalue weighted by molar-refractivity contribution is 6.30. The van der Waals surface area contributed by atoms with Gasteiger partial charge in [-0.1, -0.05) is 30.2 Å². The molecule has 0 unspecified atom stereocenters. The summed E-state index contributed by atoms with van der Waals surface area (Å²) in [5.74, 6) is -0.825. The van der Waals surface area contributed by atoms with Gasteiger partial charge < -0.3 is 15.3 Å². The number of hydrogen-bond donors (Lipinski definition) is 2. The fraction of sp³-hybridized carbons (Fsp3) is 0.467. The van der Waals surface area contributed by atoms with Crippen LogP contribution in [0, 0.1) is 5.41 Å². The van der Waals surface area contributed by atoms with Crippen molar-refractivity contribution in [3.63, 3.8) is 0 Å². The number of carbonyl (C=O) groups is 2. The van der Waals surface area contributed by atoms with Crippen molar-refractivity contribution >= 4 is 23.6 Å². The van der Waals surface area contributed by atoms with Gasteiger partial charge in [0.2, 0.25) is 0 Å². The molecule has 2 N–H and O–H groups in total. The van der Waals surface area contributed by atoms with Gasteiger partial charge >= 0.3 is 12.0 Å². The zero-order valence-electron chi connectivity index (χ0n) is 11.9. The van der Waals surface area contributed by atoms with Crippen molar-refractivity contribution in [3.8, 4) is 0 Å². The summed E-state index contributed by atoms with van der Waals surface area (Å²) in [5, 5.41) is 12.6. The Balaban J connectivity index is 1.85. The lowest BCUT2D eigenvalue weighted by Crippen LogP contribution is -2.49. The quantitative estimate of drug-likeness (QED) is 0.878. The number of amides is 2. The van der Waals surface area contributed by atoms with E-state index in [1.165, 1.54) is 4.90 Å². The molecule has 0 heterocycles. The molecule has 0 saturated heterocycles. The second kappa shape index (κ2) is 6.35. The van der Waals surface area contributed by atoms with Crippen LogP contribution in [0.15, 0.2) is 24.3 Å². The average Bonchev–Trinajstić information content (AvgIpc) is 2.39. The Labute approximate surface area is 128 Å². The third-order valence-corrected chi connectivity index (χ3v) is 4.27. The van der Waals surface area contributed by atoms with Gasteiger partial charge in [0.05, 0.1) is 5.41 Å². The van der Waals surface area contributed by atoms with Crippen LogP contribution in [0.1, 0.15) is 24.8 Å². The fourth-order valence-corrected chi connectivity index (χ4v) is 2.51. The van der Waals surface area contributed by atoms with E-state index >= 15 is 0 Å². The molecule has 5 nitrogen and oxygen atoms in total. The lowest BCUT2D eigenvalue weighted by molar-refractivity contribution is -0.153. The Morgan fingerprint density at radius 3 is 2.43 bits per heavy atom. The van der Waals surface area contributed by atoms with E-state index in [1.54, 1.807) is 19.2 Å². The highest BCUT2D eigenvalue weighted by Gasteiger charge is 2.44. The molecule has 114 valence electrons. The number of carbonyl (C=O) groups excluding carboxylic acids is 1. The molecule has 1 aliphatic rings. The molecule has 0 bridgehead atoms. The van der Waals surface area contributed by atoms with Crippen molar-refractivity contribution in [2.45, 2.75) is 25.8 Å². The van der Waals surface area contributed by atoms with E-state index in [9.17, 15) is 14.7 Å². The van der Waals surface area contributed by atoms with E-state index < -0.39 is 11.4 Å². The van der Waals surface area contributed by atoms with Crippen molar-refractivity contribution in [1.82, 2.24) is 10.2 Å². The number of benzene rings is 1. The summed E-state index contributed by atoms with van der Waals surface area (Å²) < 4.78 is 0. The minimum Gasteiger partial charge on any atom is -0.481 e. The average molecular weight is 311 g/mol. The maximum absolute atomic E-state index is 12.0. The van der Waals surface area contributed by atoms with Crippen molar-refractivity contribution < 1.29 is 14.7 Å². The third-order valence-electron chi connectivity index (χ3n) is 4.02. The van der Waals surface area contributed by atoms with Crippen molar-refractivity contribution in [2.24, 2.45) is 5.41 Å². The smallest absolute Gasteiger partial charge is 0.317 e. The van der Waals surface area contributed by atoms with Crippen LogP contribution in [-0.2, 0) is 11.3 Å². The van der Waals surface area contributed by atoms with Gasteiger partial charge in [-0.05, 0) is 30.5 Å². The molecule has 6 heteroatoms. The van der Waals surface area contributed by atoms with Crippen molar-refractivity contribution in [3.05, 3.63) is 34.9 Å². The van der Waals surface area contributed by atoms with Crippen LogP contribution < -0.4 is 5.32 Å². The van der Waals surface area contributed by atoms with Crippen LogP contribution in [0.4, 0.5) is 4.79 Å². The van der Waals surface area contributed by atoms with Crippen LogP contribution >= 0.6 is 11.6 Å². The molecular formula is C15H19ClN2O3. The first-order chi connectivity index (χ1) is 9.93. The van der Waals surface area contributed by atoms with E-state index in [0.29, 0.717) is 24.4 Å². The number of aliphatic carboxylic acids is 1. The van der Waals surface area contributed by atoms with Crippen LogP contribution in [0.3, 0.4) is 0 Å². The second-order valence-electron chi connectivity index (χ2n) is 5.58. The maximum Gasteiger partial charge on any atom is 0.317 e. The van der Waals surface area contributed by atoms with Gasteiger partial charge in [0, 0.05) is 25.2 Å². The largest absolute Gasteiger partial charge is 0.481 e. The molecule has 0 spiro atoms. The van der Waals surface area contributed by atoms with Gasteiger partial charge in [0.15, 0.2) is 0 Å². The van der Waals surface area contributed by atoms with Gasteiger partial charge in [0.25, 0.3) is 0 Å². The molecule has 1 fully saturated rings. The summed E-state index contributed by atoms with van der Waals surface area (Å²) in [4.78, 5) is 24.8. The Bertz CT molecular complexity index is 526. The molecule has 1 aromatic rings. The summed E-state index contributed by atoms with van der Waals surface area (Å²) in [6.45, 7) is 0.634. The third kappa shape index (κ3) is 3.67. The van der Waals surface area contributed by atoms with Crippen molar-refractivity contribution in [1.29, 1.82) is 0 Å². The molecule has 0 aliphatic heterocycles. The van der Waals surface area contributed by atoms with Crippen LogP contribution in [0.25, 0.3) is 0 Å². The number of rotatable bonds is 5. The Morgan fingerprint density at radius 1 is 1.33 bits per heavy atom. The SMILES string of the molecule is CN(Cc1ccc(Cl)cc1)C(=O)NCC1(C(=O)O)CCC1. The van der Waals surface area contributed by atoms with E-state index in [4.69, 9.17) is 11.6 Å². The normalized spacial score (nSPS) is 15.9. The van der Waals surface area contributed by atoms with Crippen molar-refractivity contribution in [2.75, 3.05) is 13.6 Å². The zero-order chi connectivity index (χ0) is 15.5. The lowest BCUT2D eigenvalue weighted by Gasteiger charge is -2.37. The zero-order valence-corrected chi connectivity index (χ0v) is 12.7. The molecule has 21 heavy (non-hydrogen) atoms. The summed E-state index contributed by atoms with van der Waals surface area (Å²) in [6, 6.07) is 7.00. The minimum atomic E-state index is -0.825. The lowest BCUT2D eigenvalue weighted by atomic mass is 9.69. The Hall–Kier alpha value is -1.75. The highest BCUT2D eigenvalue weighted by Crippen LogP contribution is 2.40. The van der Waals surface area contributed by atoms with E-state index in [-0.39, 0.29) is 12.6 Å². The first-order valence-electron chi connectivity index (χ1n) is 6.90. The molecule has 0 atom stereocenters. The topological polar surface area (TPSA) is 69.6 Å². The molecule has 1 aromatic carbocycles. The maximum atomic E-state index is 12.0. The van der Waals surface area contributed by atoms with E-state index in [0.717, 1.165) is 12.0 Å².